The summed E-state index contributed by atoms with van der Waals surface area (Å²) in [5.74, 6) is -0.366. The van der Waals surface area contributed by atoms with Gasteiger partial charge in [0.05, 0.1) is 13.2 Å². The fraction of sp³-hybridized carbons (Fsp3) is 0.778. The van der Waals surface area contributed by atoms with Crippen LogP contribution in [0.4, 0.5) is 0 Å². The average Bonchev–Trinajstić information content (AvgIpc) is 2.25. The van der Waals surface area contributed by atoms with Gasteiger partial charge in [0.25, 0.3) is 0 Å². The number of carbonyl (C=O) groups excluding carboxylic acids is 1. The number of nitrogens with zero attached hydrogens (tertiary/aromatic N) is 1. The first-order valence-corrected chi connectivity index (χ1v) is 6.15. The molecule has 86 valence electrons. The Bertz CT molecular complexity index is 246. The normalized spacial score (nSPS) is 21.4. The third-order valence-electron chi connectivity index (χ3n) is 2.25. The number of rotatable bonds is 4. The molecule has 0 aromatic carbocycles. The lowest BCUT2D eigenvalue weighted by molar-refractivity contribution is -0.158. The van der Waals surface area contributed by atoms with Gasteiger partial charge in [-0.1, -0.05) is 0 Å². The number of carboxylic acid groups (broad SMARTS) is 1. The lowest BCUT2D eigenvalue weighted by Crippen LogP contribution is -2.52. The summed E-state index contributed by atoms with van der Waals surface area (Å²) < 4.78 is 5.05. The summed E-state index contributed by atoms with van der Waals surface area (Å²) in [4.78, 5) is 23.9. The van der Waals surface area contributed by atoms with E-state index in [2.05, 4.69) is 0 Å². The Kier molecular flexibility index (Phi) is 4.90. The van der Waals surface area contributed by atoms with Crippen molar-refractivity contribution in [1.82, 2.24) is 4.90 Å². The SMILES string of the molecule is CSCCC(=O)N1CCOCC1C(=O)O. The smallest absolute Gasteiger partial charge is 0.328 e. The number of thioether (sulfide) groups is 1. The number of ether oxygens (including phenoxy) is 1. The van der Waals surface area contributed by atoms with E-state index in [-0.39, 0.29) is 12.5 Å². The quantitative estimate of drug-likeness (QED) is 0.743. The Labute approximate surface area is 92.8 Å². The predicted molar refractivity (Wildman–Crippen MR) is 57.0 cm³/mol. The van der Waals surface area contributed by atoms with Gasteiger partial charge in [-0.2, -0.15) is 11.8 Å². The number of amides is 1. The van der Waals surface area contributed by atoms with E-state index < -0.39 is 12.0 Å². The molecule has 1 aliphatic heterocycles. The van der Waals surface area contributed by atoms with E-state index in [1.807, 2.05) is 6.26 Å². The molecule has 1 N–H and O–H groups in total. The van der Waals surface area contributed by atoms with Crippen molar-refractivity contribution in [3.8, 4) is 0 Å². The van der Waals surface area contributed by atoms with Crippen molar-refractivity contribution in [3.63, 3.8) is 0 Å². The maximum Gasteiger partial charge on any atom is 0.328 e. The molecule has 0 aromatic heterocycles. The molecule has 6 heteroatoms. The third-order valence-corrected chi connectivity index (χ3v) is 2.87. The van der Waals surface area contributed by atoms with Crippen LogP contribution in [-0.4, -0.2) is 59.7 Å². The van der Waals surface area contributed by atoms with E-state index in [4.69, 9.17) is 9.84 Å². The summed E-state index contributed by atoms with van der Waals surface area (Å²) in [6.07, 6.45) is 2.31. The molecule has 1 rings (SSSR count). The minimum absolute atomic E-state index is 0.0972. The van der Waals surface area contributed by atoms with Gasteiger partial charge in [0.1, 0.15) is 0 Å². The molecule has 1 saturated heterocycles. The van der Waals surface area contributed by atoms with Gasteiger partial charge in [-0.25, -0.2) is 4.79 Å². The van der Waals surface area contributed by atoms with Crippen molar-refractivity contribution in [3.05, 3.63) is 0 Å². The molecule has 1 atom stereocenters. The van der Waals surface area contributed by atoms with Crippen molar-refractivity contribution in [1.29, 1.82) is 0 Å². The highest BCUT2D eigenvalue weighted by Gasteiger charge is 2.32. The first-order chi connectivity index (χ1) is 7.16. The van der Waals surface area contributed by atoms with Crippen LogP contribution in [0.2, 0.25) is 0 Å². The van der Waals surface area contributed by atoms with Crippen molar-refractivity contribution < 1.29 is 19.4 Å². The molecule has 0 spiro atoms. The van der Waals surface area contributed by atoms with E-state index in [1.54, 1.807) is 11.8 Å². The predicted octanol–water partition coefficient (Wildman–Crippen LogP) is 0.0515. The van der Waals surface area contributed by atoms with Gasteiger partial charge >= 0.3 is 5.97 Å². The van der Waals surface area contributed by atoms with Crippen LogP contribution in [-0.2, 0) is 14.3 Å². The van der Waals surface area contributed by atoms with Gasteiger partial charge in [0, 0.05) is 18.7 Å². The lowest BCUT2D eigenvalue weighted by Gasteiger charge is -2.32. The second kappa shape index (κ2) is 5.97. The molecule has 1 aliphatic rings. The molecule has 0 radical (unpaired) electrons. The zero-order valence-corrected chi connectivity index (χ0v) is 9.46. The highest BCUT2D eigenvalue weighted by atomic mass is 32.2. The van der Waals surface area contributed by atoms with Gasteiger partial charge in [-0.15, -0.1) is 0 Å². The maximum absolute atomic E-state index is 11.7. The molecule has 1 amide bonds. The number of hydrogen-bond donors (Lipinski definition) is 1. The lowest BCUT2D eigenvalue weighted by atomic mass is 10.2. The summed E-state index contributed by atoms with van der Waals surface area (Å²) in [5.41, 5.74) is 0. The van der Waals surface area contributed by atoms with Gasteiger partial charge < -0.3 is 14.7 Å². The molecule has 1 unspecified atom stereocenters. The summed E-state index contributed by atoms with van der Waals surface area (Å²) in [7, 11) is 0. The second-order valence-corrected chi connectivity index (χ2v) is 4.24. The fourth-order valence-corrected chi connectivity index (χ4v) is 1.82. The minimum Gasteiger partial charge on any atom is -0.480 e. The van der Waals surface area contributed by atoms with Gasteiger partial charge in [0.15, 0.2) is 6.04 Å². The van der Waals surface area contributed by atoms with Crippen molar-refractivity contribution in [2.24, 2.45) is 0 Å². The zero-order chi connectivity index (χ0) is 11.3. The number of carboxylic acids is 1. The molecule has 0 aromatic rings. The van der Waals surface area contributed by atoms with Crippen LogP contribution in [0.1, 0.15) is 6.42 Å². The monoisotopic (exact) mass is 233 g/mol. The molecule has 1 fully saturated rings. The highest BCUT2D eigenvalue weighted by Crippen LogP contribution is 2.10. The van der Waals surface area contributed by atoms with E-state index in [0.29, 0.717) is 19.6 Å². The molecule has 15 heavy (non-hydrogen) atoms. The molecule has 0 aliphatic carbocycles. The van der Waals surface area contributed by atoms with Gasteiger partial charge in [-0.05, 0) is 6.26 Å². The van der Waals surface area contributed by atoms with Crippen LogP contribution in [0.25, 0.3) is 0 Å². The van der Waals surface area contributed by atoms with Crippen molar-refractivity contribution in [2.45, 2.75) is 12.5 Å². The Morgan fingerprint density at radius 2 is 2.33 bits per heavy atom. The van der Waals surface area contributed by atoms with Crippen LogP contribution in [0.3, 0.4) is 0 Å². The molecular formula is C9H15NO4S. The molecule has 1 heterocycles. The van der Waals surface area contributed by atoms with Crippen LogP contribution >= 0.6 is 11.8 Å². The zero-order valence-electron chi connectivity index (χ0n) is 8.64. The maximum atomic E-state index is 11.7. The summed E-state index contributed by atoms with van der Waals surface area (Å²) in [6, 6.07) is -0.812. The van der Waals surface area contributed by atoms with E-state index in [0.717, 1.165) is 5.75 Å². The van der Waals surface area contributed by atoms with Crippen LogP contribution in [0.15, 0.2) is 0 Å². The summed E-state index contributed by atoms with van der Waals surface area (Å²) in [6.45, 7) is 0.902. The first kappa shape index (κ1) is 12.3. The Morgan fingerprint density at radius 3 is 2.93 bits per heavy atom. The first-order valence-electron chi connectivity index (χ1n) is 4.75. The largest absolute Gasteiger partial charge is 0.480 e. The molecular weight excluding hydrogens is 218 g/mol. The number of carbonyl (C=O) groups is 2. The van der Waals surface area contributed by atoms with Crippen LogP contribution in [0, 0.1) is 0 Å². The number of hydrogen-bond acceptors (Lipinski definition) is 4. The van der Waals surface area contributed by atoms with E-state index in [9.17, 15) is 9.59 Å². The number of morpholine rings is 1. The molecule has 0 saturated carbocycles. The molecule has 5 nitrogen and oxygen atoms in total. The Morgan fingerprint density at radius 1 is 1.60 bits per heavy atom. The summed E-state index contributed by atoms with van der Waals surface area (Å²) in [5, 5.41) is 8.90. The number of aliphatic carboxylic acids is 1. The fourth-order valence-electron chi connectivity index (χ4n) is 1.44. The van der Waals surface area contributed by atoms with E-state index >= 15 is 0 Å². The van der Waals surface area contributed by atoms with Crippen molar-refractivity contribution in [2.75, 3.05) is 31.8 Å². The standard InChI is InChI=1S/C9H15NO4S/c1-15-5-2-8(11)10-3-4-14-6-7(10)9(12)13/h7H,2-6H2,1H3,(H,12,13). The minimum atomic E-state index is -0.993. The topological polar surface area (TPSA) is 66.8 Å². The van der Waals surface area contributed by atoms with E-state index in [1.165, 1.54) is 4.90 Å². The average molecular weight is 233 g/mol. The van der Waals surface area contributed by atoms with Crippen LogP contribution < -0.4 is 0 Å². The van der Waals surface area contributed by atoms with Crippen LogP contribution in [0.5, 0.6) is 0 Å². The van der Waals surface area contributed by atoms with Gasteiger partial charge in [-0.3, -0.25) is 4.79 Å². The highest BCUT2D eigenvalue weighted by molar-refractivity contribution is 7.98. The Hall–Kier alpha value is -0.750. The second-order valence-electron chi connectivity index (χ2n) is 3.26. The van der Waals surface area contributed by atoms with Crippen molar-refractivity contribution >= 4 is 23.6 Å². The van der Waals surface area contributed by atoms with Gasteiger partial charge in [0.2, 0.25) is 5.91 Å². The molecule has 0 bridgehead atoms. The third kappa shape index (κ3) is 3.39. The Balaban J connectivity index is 2.55. The summed E-state index contributed by atoms with van der Waals surface area (Å²) >= 11 is 1.58.